The quantitative estimate of drug-likeness (QED) is 0.565. The first-order valence-corrected chi connectivity index (χ1v) is 9.83. The smallest absolute Gasteiger partial charge is 0.325 e. The molecule has 0 saturated heterocycles. The molecule has 0 unspecified atom stereocenters. The van der Waals surface area contributed by atoms with Gasteiger partial charge in [-0.05, 0) is 34.4 Å². The van der Waals surface area contributed by atoms with Crippen LogP contribution in [0.4, 0.5) is 5.69 Å². The summed E-state index contributed by atoms with van der Waals surface area (Å²) < 4.78 is 4.95. The first kappa shape index (κ1) is 21.0. The van der Waals surface area contributed by atoms with Gasteiger partial charge in [-0.2, -0.15) is 0 Å². The van der Waals surface area contributed by atoms with E-state index < -0.39 is 18.5 Å². The Balaban J connectivity index is 1.44. The van der Waals surface area contributed by atoms with Crippen LogP contribution in [0.25, 0.3) is 10.8 Å². The summed E-state index contributed by atoms with van der Waals surface area (Å²) in [5.74, 6) is -1.38. The Kier molecular flexibility index (Phi) is 7.16. The van der Waals surface area contributed by atoms with Gasteiger partial charge in [0.1, 0.15) is 6.54 Å². The van der Waals surface area contributed by atoms with E-state index in [1.807, 2.05) is 67.6 Å². The molecule has 0 spiro atoms. The van der Waals surface area contributed by atoms with Crippen LogP contribution < -0.4 is 10.6 Å². The third-order valence-electron chi connectivity index (χ3n) is 4.70. The molecule has 3 aromatic rings. The number of hydrogen-bond donors (Lipinski definition) is 2. The van der Waals surface area contributed by atoms with Crippen LogP contribution in [0.5, 0.6) is 0 Å². The Morgan fingerprint density at radius 2 is 1.53 bits per heavy atom. The van der Waals surface area contributed by atoms with E-state index in [1.165, 1.54) is 0 Å². The molecular weight excluding hydrogens is 380 g/mol. The molecule has 0 fully saturated rings. The topological polar surface area (TPSA) is 84.5 Å². The van der Waals surface area contributed by atoms with E-state index in [2.05, 4.69) is 10.6 Å². The lowest BCUT2D eigenvalue weighted by atomic mass is 10.0. The standard InChI is InChI=1S/C24H24N2O4/c1-2-17-8-4-6-13-21(17)26-23(28)16-30-24(29)15-25-22(27)14-19-11-7-10-18-9-3-5-12-20(18)19/h3-13H,2,14-16H2,1H3,(H,25,27)(H,26,28). The molecule has 0 bridgehead atoms. The van der Waals surface area contributed by atoms with Crippen molar-refractivity contribution in [2.75, 3.05) is 18.5 Å². The zero-order valence-electron chi connectivity index (χ0n) is 16.8. The Labute approximate surface area is 175 Å². The lowest BCUT2D eigenvalue weighted by Gasteiger charge is -2.10. The van der Waals surface area contributed by atoms with Crippen molar-refractivity contribution >= 4 is 34.2 Å². The van der Waals surface area contributed by atoms with Gasteiger partial charge in [0, 0.05) is 5.69 Å². The Bertz CT molecular complexity index is 1060. The number of hydrogen-bond acceptors (Lipinski definition) is 4. The molecule has 2 N–H and O–H groups in total. The van der Waals surface area contributed by atoms with Gasteiger partial charge in [-0.25, -0.2) is 0 Å². The first-order chi connectivity index (χ1) is 14.6. The number of fused-ring (bicyclic) bond motifs is 1. The van der Waals surface area contributed by atoms with Crippen LogP contribution in [0.15, 0.2) is 66.7 Å². The highest BCUT2D eigenvalue weighted by molar-refractivity contribution is 5.94. The number of para-hydroxylation sites is 1. The summed E-state index contributed by atoms with van der Waals surface area (Å²) in [4.78, 5) is 36.1. The maximum absolute atomic E-state index is 12.2. The number of carbonyl (C=O) groups is 3. The van der Waals surface area contributed by atoms with Gasteiger partial charge >= 0.3 is 5.97 Å². The molecule has 0 aromatic heterocycles. The van der Waals surface area contributed by atoms with E-state index in [0.29, 0.717) is 5.69 Å². The van der Waals surface area contributed by atoms with Crippen LogP contribution >= 0.6 is 0 Å². The van der Waals surface area contributed by atoms with Gasteiger partial charge in [-0.15, -0.1) is 0 Å². The van der Waals surface area contributed by atoms with E-state index in [1.54, 1.807) is 6.07 Å². The van der Waals surface area contributed by atoms with Crippen molar-refractivity contribution in [1.82, 2.24) is 5.32 Å². The van der Waals surface area contributed by atoms with E-state index in [0.717, 1.165) is 28.3 Å². The summed E-state index contributed by atoms with van der Waals surface area (Å²) in [6.45, 7) is 1.30. The zero-order chi connectivity index (χ0) is 21.3. The van der Waals surface area contributed by atoms with Gasteiger partial charge in [0.15, 0.2) is 6.61 Å². The van der Waals surface area contributed by atoms with Gasteiger partial charge in [-0.3, -0.25) is 14.4 Å². The molecule has 6 nitrogen and oxygen atoms in total. The highest BCUT2D eigenvalue weighted by Gasteiger charge is 2.12. The van der Waals surface area contributed by atoms with Crippen LogP contribution in [-0.4, -0.2) is 30.9 Å². The summed E-state index contributed by atoms with van der Waals surface area (Å²) in [5, 5.41) is 7.33. The van der Waals surface area contributed by atoms with Gasteiger partial charge in [0.2, 0.25) is 5.91 Å². The molecule has 2 amide bonds. The summed E-state index contributed by atoms with van der Waals surface area (Å²) >= 11 is 0. The fraction of sp³-hybridized carbons (Fsp3) is 0.208. The molecule has 6 heteroatoms. The molecule has 3 aromatic carbocycles. The maximum Gasteiger partial charge on any atom is 0.325 e. The summed E-state index contributed by atoms with van der Waals surface area (Å²) in [6, 6.07) is 21.0. The van der Waals surface area contributed by atoms with Crippen molar-refractivity contribution < 1.29 is 19.1 Å². The van der Waals surface area contributed by atoms with Crippen molar-refractivity contribution in [2.24, 2.45) is 0 Å². The monoisotopic (exact) mass is 404 g/mol. The van der Waals surface area contributed by atoms with E-state index in [4.69, 9.17) is 4.74 Å². The number of benzene rings is 3. The number of esters is 1. The maximum atomic E-state index is 12.2. The van der Waals surface area contributed by atoms with Crippen molar-refractivity contribution in [2.45, 2.75) is 19.8 Å². The van der Waals surface area contributed by atoms with Crippen molar-refractivity contribution in [3.63, 3.8) is 0 Å². The fourth-order valence-corrected chi connectivity index (χ4v) is 3.19. The molecule has 0 heterocycles. The minimum atomic E-state index is -0.666. The van der Waals surface area contributed by atoms with Gasteiger partial charge < -0.3 is 15.4 Å². The van der Waals surface area contributed by atoms with Gasteiger partial charge in [0.05, 0.1) is 6.42 Å². The van der Waals surface area contributed by atoms with Crippen molar-refractivity contribution in [3.8, 4) is 0 Å². The summed E-state index contributed by atoms with van der Waals surface area (Å²) in [7, 11) is 0. The SMILES string of the molecule is CCc1ccccc1NC(=O)COC(=O)CNC(=O)Cc1cccc2ccccc12. The zero-order valence-corrected chi connectivity index (χ0v) is 16.8. The molecule has 3 rings (SSSR count). The van der Waals surface area contributed by atoms with Crippen molar-refractivity contribution in [3.05, 3.63) is 77.9 Å². The third-order valence-corrected chi connectivity index (χ3v) is 4.70. The predicted octanol–water partition coefficient (Wildman–Crippen LogP) is 3.24. The Morgan fingerprint density at radius 1 is 0.833 bits per heavy atom. The average molecular weight is 404 g/mol. The molecule has 154 valence electrons. The number of rotatable bonds is 8. The predicted molar refractivity (Wildman–Crippen MR) is 116 cm³/mol. The highest BCUT2D eigenvalue weighted by Crippen LogP contribution is 2.19. The molecule has 0 aliphatic carbocycles. The molecule has 0 saturated carbocycles. The van der Waals surface area contributed by atoms with Crippen LogP contribution in [-0.2, 0) is 32.0 Å². The summed E-state index contributed by atoms with van der Waals surface area (Å²) in [6.07, 6.45) is 0.932. The molecule has 0 aliphatic heterocycles. The molecular formula is C24H24N2O4. The number of carbonyl (C=O) groups excluding carboxylic acids is 3. The third kappa shape index (κ3) is 5.67. The number of anilines is 1. The van der Waals surface area contributed by atoms with Gasteiger partial charge in [0.25, 0.3) is 5.91 Å². The van der Waals surface area contributed by atoms with Gasteiger partial charge in [-0.1, -0.05) is 67.6 Å². The molecule has 0 aliphatic rings. The lowest BCUT2D eigenvalue weighted by molar-refractivity contribution is -0.147. The van der Waals surface area contributed by atoms with Crippen LogP contribution in [0.3, 0.4) is 0 Å². The van der Waals surface area contributed by atoms with E-state index in [9.17, 15) is 14.4 Å². The summed E-state index contributed by atoms with van der Waals surface area (Å²) in [5.41, 5.74) is 2.58. The normalized spacial score (nSPS) is 10.4. The Hall–Kier alpha value is -3.67. The molecule has 30 heavy (non-hydrogen) atoms. The van der Waals surface area contributed by atoms with Crippen molar-refractivity contribution in [1.29, 1.82) is 0 Å². The number of ether oxygens (including phenoxy) is 1. The molecule has 0 radical (unpaired) electrons. The van der Waals surface area contributed by atoms with Crippen LogP contribution in [0, 0.1) is 0 Å². The number of aryl methyl sites for hydroxylation is 1. The lowest BCUT2D eigenvalue weighted by Crippen LogP contribution is -2.33. The number of amides is 2. The van der Waals surface area contributed by atoms with Crippen LogP contribution in [0.1, 0.15) is 18.1 Å². The molecule has 0 atom stereocenters. The van der Waals surface area contributed by atoms with E-state index in [-0.39, 0.29) is 18.9 Å². The van der Waals surface area contributed by atoms with Crippen LogP contribution in [0.2, 0.25) is 0 Å². The second-order valence-corrected chi connectivity index (χ2v) is 6.81. The number of nitrogens with one attached hydrogen (secondary N) is 2. The average Bonchev–Trinajstić information content (AvgIpc) is 2.77. The minimum Gasteiger partial charge on any atom is -0.454 e. The fourth-order valence-electron chi connectivity index (χ4n) is 3.19. The second kappa shape index (κ2) is 10.2. The van der Waals surface area contributed by atoms with E-state index >= 15 is 0 Å². The largest absolute Gasteiger partial charge is 0.454 e. The highest BCUT2D eigenvalue weighted by atomic mass is 16.5. The second-order valence-electron chi connectivity index (χ2n) is 6.81. The Morgan fingerprint density at radius 3 is 2.37 bits per heavy atom. The first-order valence-electron chi connectivity index (χ1n) is 9.83. The minimum absolute atomic E-state index is 0.156.